The van der Waals surface area contributed by atoms with Gasteiger partial charge in [-0.05, 0) is 49.2 Å². The highest BCUT2D eigenvalue weighted by atomic mass is 16.1. The standard InChI is InChI=1S/C18H20N4O/c1-13(2)22-12-21-16-9-15(3-4-17(16)22)10-18(23)20-11-14-5-7-19-8-6-14/h3-9,12-13H,10-11H2,1-2H3,(H,20,23). The molecule has 0 fully saturated rings. The summed E-state index contributed by atoms with van der Waals surface area (Å²) in [4.78, 5) is 20.5. The molecule has 1 aromatic carbocycles. The van der Waals surface area contributed by atoms with E-state index in [1.807, 2.05) is 36.7 Å². The first-order valence-electron chi connectivity index (χ1n) is 7.74. The molecule has 0 unspecified atom stereocenters. The predicted molar refractivity (Wildman–Crippen MR) is 89.9 cm³/mol. The van der Waals surface area contributed by atoms with Gasteiger partial charge in [0.2, 0.25) is 5.91 Å². The lowest BCUT2D eigenvalue weighted by atomic mass is 10.1. The summed E-state index contributed by atoms with van der Waals surface area (Å²) in [5.41, 5.74) is 4.04. The summed E-state index contributed by atoms with van der Waals surface area (Å²) < 4.78 is 2.13. The van der Waals surface area contributed by atoms with Crippen molar-refractivity contribution in [1.29, 1.82) is 0 Å². The molecule has 1 amide bonds. The largest absolute Gasteiger partial charge is 0.352 e. The molecule has 23 heavy (non-hydrogen) atoms. The van der Waals surface area contributed by atoms with Gasteiger partial charge in [-0.15, -0.1) is 0 Å². The van der Waals surface area contributed by atoms with Gasteiger partial charge >= 0.3 is 0 Å². The topological polar surface area (TPSA) is 59.8 Å². The van der Waals surface area contributed by atoms with E-state index >= 15 is 0 Å². The molecule has 0 aliphatic carbocycles. The highest BCUT2D eigenvalue weighted by Crippen LogP contribution is 2.19. The number of imidazole rings is 1. The molecule has 0 saturated carbocycles. The monoisotopic (exact) mass is 308 g/mol. The van der Waals surface area contributed by atoms with Gasteiger partial charge in [0.25, 0.3) is 0 Å². The molecule has 5 nitrogen and oxygen atoms in total. The lowest BCUT2D eigenvalue weighted by molar-refractivity contribution is -0.120. The first-order chi connectivity index (χ1) is 11.1. The van der Waals surface area contributed by atoms with Crippen molar-refractivity contribution in [3.8, 4) is 0 Å². The highest BCUT2D eigenvalue weighted by Gasteiger charge is 2.08. The van der Waals surface area contributed by atoms with E-state index in [1.165, 1.54) is 0 Å². The fourth-order valence-electron chi connectivity index (χ4n) is 2.55. The maximum Gasteiger partial charge on any atom is 0.224 e. The molecular weight excluding hydrogens is 288 g/mol. The molecule has 0 aliphatic heterocycles. The van der Waals surface area contributed by atoms with Crippen LogP contribution in [0.3, 0.4) is 0 Å². The van der Waals surface area contributed by atoms with Crippen LogP contribution in [0.1, 0.15) is 31.0 Å². The van der Waals surface area contributed by atoms with E-state index in [-0.39, 0.29) is 5.91 Å². The van der Waals surface area contributed by atoms with E-state index in [9.17, 15) is 4.79 Å². The first-order valence-corrected chi connectivity index (χ1v) is 7.74. The van der Waals surface area contributed by atoms with Crippen molar-refractivity contribution in [3.63, 3.8) is 0 Å². The average molecular weight is 308 g/mol. The summed E-state index contributed by atoms with van der Waals surface area (Å²) in [6.45, 7) is 4.77. The number of hydrogen-bond acceptors (Lipinski definition) is 3. The van der Waals surface area contributed by atoms with E-state index in [0.717, 1.165) is 22.2 Å². The summed E-state index contributed by atoms with van der Waals surface area (Å²) in [6.07, 6.45) is 5.65. The van der Waals surface area contributed by atoms with Crippen LogP contribution in [-0.4, -0.2) is 20.4 Å². The van der Waals surface area contributed by atoms with Crippen molar-refractivity contribution in [2.24, 2.45) is 0 Å². The number of carbonyl (C=O) groups excluding carboxylic acids is 1. The van der Waals surface area contributed by atoms with Gasteiger partial charge in [-0.1, -0.05) is 6.07 Å². The molecule has 2 aromatic heterocycles. The second-order valence-corrected chi connectivity index (χ2v) is 5.88. The summed E-state index contributed by atoms with van der Waals surface area (Å²) in [6, 6.07) is 10.2. The normalized spacial score (nSPS) is 11.1. The Morgan fingerprint density at radius 2 is 1.96 bits per heavy atom. The molecule has 2 heterocycles. The summed E-state index contributed by atoms with van der Waals surface area (Å²) in [7, 11) is 0. The number of amides is 1. The minimum Gasteiger partial charge on any atom is -0.352 e. The zero-order chi connectivity index (χ0) is 16.2. The third-order valence-corrected chi connectivity index (χ3v) is 3.80. The van der Waals surface area contributed by atoms with Gasteiger partial charge in [-0.2, -0.15) is 0 Å². The van der Waals surface area contributed by atoms with Crippen molar-refractivity contribution in [2.45, 2.75) is 32.9 Å². The number of aromatic nitrogens is 3. The van der Waals surface area contributed by atoms with Gasteiger partial charge in [0.15, 0.2) is 0 Å². The maximum atomic E-state index is 12.1. The molecular formula is C18H20N4O. The number of benzene rings is 1. The Balaban J connectivity index is 1.65. The number of rotatable bonds is 5. The van der Waals surface area contributed by atoms with Crippen LogP contribution in [0.15, 0.2) is 49.1 Å². The Morgan fingerprint density at radius 3 is 2.70 bits per heavy atom. The minimum absolute atomic E-state index is 0.00412. The van der Waals surface area contributed by atoms with Crippen LogP contribution in [0.2, 0.25) is 0 Å². The smallest absolute Gasteiger partial charge is 0.224 e. The fraction of sp³-hybridized carbons (Fsp3) is 0.278. The van der Waals surface area contributed by atoms with Gasteiger partial charge in [0.05, 0.1) is 23.8 Å². The van der Waals surface area contributed by atoms with E-state index in [0.29, 0.717) is 19.0 Å². The molecule has 0 saturated heterocycles. The van der Waals surface area contributed by atoms with Gasteiger partial charge < -0.3 is 9.88 Å². The van der Waals surface area contributed by atoms with Gasteiger partial charge in [-0.3, -0.25) is 9.78 Å². The summed E-state index contributed by atoms with van der Waals surface area (Å²) in [5.74, 6) is 0.00412. The minimum atomic E-state index is 0.00412. The molecule has 0 atom stereocenters. The van der Waals surface area contributed by atoms with Crippen LogP contribution in [-0.2, 0) is 17.8 Å². The molecule has 5 heteroatoms. The molecule has 3 rings (SSSR count). The van der Waals surface area contributed by atoms with Crippen LogP contribution >= 0.6 is 0 Å². The van der Waals surface area contributed by atoms with Crippen molar-refractivity contribution in [2.75, 3.05) is 0 Å². The number of nitrogens with zero attached hydrogens (tertiary/aromatic N) is 3. The molecule has 0 spiro atoms. The van der Waals surface area contributed by atoms with Crippen LogP contribution in [0, 0.1) is 0 Å². The van der Waals surface area contributed by atoms with E-state index in [2.05, 4.69) is 33.7 Å². The maximum absolute atomic E-state index is 12.1. The van der Waals surface area contributed by atoms with Crippen molar-refractivity contribution < 1.29 is 4.79 Å². The molecule has 0 radical (unpaired) electrons. The Morgan fingerprint density at radius 1 is 1.17 bits per heavy atom. The van der Waals surface area contributed by atoms with Crippen molar-refractivity contribution in [1.82, 2.24) is 19.9 Å². The number of pyridine rings is 1. The second kappa shape index (κ2) is 6.60. The lowest BCUT2D eigenvalue weighted by Crippen LogP contribution is -2.24. The number of nitrogens with one attached hydrogen (secondary N) is 1. The van der Waals surface area contributed by atoms with Gasteiger partial charge in [-0.25, -0.2) is 4.98 Å². The molecule has 1 N–H and O–H groups in total. The lowest BCUT2D eigenvalue weighted by Gasteiger charge is -2.08. The Kier molecular flexibility index (Phi) is 4.37. The van der Waals surface area contributed by atoms with E-state index in [4.69, 9.17) is 0 Å². The van der Waals surface area contributed by atoms with Gasteiger partial charge in [0.1, 0.15) is 0 Å². The molecule has 0 bridgehead atoms. The molecule has 0 aliphatic rings. The Labute approximate surface area is 135 Å². The van der Waals surface area contributed by atoms with Crippen molar-refractivity contribution in [3.05, 3.63) is 60.2 Å². The fourth-order valence-corrected chi connectivity index (χ4v) is 2.55. The van der Waals surface area contributed by atoms with E-state index < -0.39 is 0 Å². The average Bonchev–Trinajstić information content (AvgIpc) is 2.97. The van der Waals surface area contributed by atoms with Crippen LogP contribution in [0.25, 0.3) is 11.0 Å². The zero-order valence-electron chi connectivity index (χ0n) is 13.4. The molecule has 118 valence electrons. The summed E-state index contributed by atoms with van der Waals surface area (Å²) >= 11 is 0. The second-order valence-electron chi connectivity index (χ2n) is 5.88. The number of hydrogen-bond donors (Lipinski definition) is 1. The number of carbonyl (C=O) groups is 1. The SMILES string of the molecule is CC(C)n1cnc2cc(CC(=O)NCc3ccncc3)ccc21. The van der Waals surface area contributed by atoms with E-state index in [1.54, 1.807) is 12.4 Å². The zero-order valence-corrected chi connectivity index (χ0v) is 13.4. The first kappa shape index (κ1) is 15.2. The number of fused-ring (bicyclic) bond motifs is 1. The highest BCUT2D eigenvalue weighted by molar-refractivity contribution is 5.81. The Hall–Kier alpha value is -2.69. The third kappa shape index (κ3) is 3.56. The summed E-state index contributed by atoms with van der Waals surface area (Å²) in [5, 5.41) is 2.93. The Bertz CT molecular complexity index is 808. The van der Waals surface area contributed by atoms with Gasteiger partial charge in [0, 0.05) is 25.0 Å². The van der Waals surface area contributed by atoms with Crippen LogP contribution in [0.4, 0.5) is 0 Å². The quantitative estimate of drug-likeness (QED) is 0.788. The van der Waals surface area contributed by atoms with Crippen molar-refractivity contribution >= 4 is 16.9 Å². The third-order valence-electron chi connectivity index (χ3n) is 3.80. The predicted octanol–water partition coefficient (Wildman–Crippen LogP) is 2.87. The molecule has 3 aromatic rings. The van der Waals surface area contributed by atoms with Crippen LogP contribution < -0.4 is 5.32 Å². The van der Waals surface area contributed by atoms with Crippen LogP contribution in [0.5, 0.6) is 0 Å².